The summed E-state index contributed by atoms with van der Waals surface area (Å²) in [6.07, 6.45) is 2.41. The van der Waals surface area contributed by atoms with E-state index in [4.69, 9.17) is 0 Å². The van der Waals surface area contributed by atoms with Crippen LogP contribution in [0.5, 0.6) is 0 Å². The topological polar surface area (TPSA) is 82.4 Å². The molecule has 1 amide bonds. The van der Waals surface area contributed by atoms with Gasteiger partial charge >= 0.3 is 0 Å². The predicted molar refractivity (Wildman–Crippen MR) is 136 cm³/mol. The third kappa shape index (κ3) is 4.06. The Hall–Kier alpha value is -4.27. The Balaban J connectivity index is 1.17. The van der Waals surface area contributed by atoms with Gasteiger partial charge in [-0.1, -0.05) is 30.3 Å². The average molecular weight is 484 g/mol. The lowest BCUT2D eigenvalue weighted by Crippen LogP contribution is -2.49. The number of hydrogen-bond donors (Lipinski definition) is 1. The van der Waals surface area contributed by atoms with Crippen molar-refractivity contribution in [2.45, 2.75) is 19.8 Å². The van der Waals surface area contributed by atoms with Crippen molar-refractivity contribution in [3.63, 3.8) is 0 Å². The molecule has 2 aromatic carbocycles. The molecule has 0 radical (unpaired) electrons. The molecule has 4 heterocycles. The molecule has 1 aliphatic rings. The zero-order valence-electron chi connectivity index (χ0n) is 20.0. The number of carbonyl (C=O) groups excluding carboxylic acids is 1. The Morgan fingerprint density at radius 2 is 1.86 bits per heavy atom. The van der Waals surface area contributed by atoms with Crippen LogP contribution in [-0.2, 0) is 11.2 Å². The maximum absolute atomic E-state index is 14.1. The molecule has 36 heavy (non-hydrogen) atoms. The van der Waals surface area contributed by atoms with Crippen molar-refractivity contribution < 1.29 is 9.18 Å². The number of carbonyl (C=O) groups is 1. The highest BCUT2D eigenvalue weighted by Crippen LogP contribution is 2.32. The van der Waals surface area contributed by atoms with Crippen LogP contribution in [0.3, 0.4) is 0 Å². The van der Waals surface area contributed by atoms with Gasteiger partial charge < -0.3 is 14.8 Å². The summed E-state index contributed by atoms with van der Waals surface area (Å²) in [7, 11) is 0. The molecule has 1 N–H and O–H groups in total. The monoisotopic (exact) mass is 483 g/mol. The van der Waals surface area contributed by atoms with Gasteiger partial charge in [0.15, 0.2) is 0 Å². The molecule has 1 fully saturated rings. The van der Waals surface area contributed by atoms with E-state index in [1.807, 2.05) is 48.2 Å². The van der Waals surface area contributed by atoms with Gasteiger partial charge in [-0.15, -0.1) is 0 Å². The van der Waals surface area contributed by atoms with E-state index in [-0.39, 0.29) is 11.7 Å². The molecule has 0 bridgehead atoms. The van der Waals surface area contributed by atoms with Gasteiger partial charge in [0, 0.05) is 61.0 Å². The summed E-state index contributed by atoms with van der Waals surface area (Å²) in [4.78, 5) is 29.4. The molecule has 1 saturated heterocycles. The number of rotatable bonds is 5. The summed E-state index contributed by atoms with van der Waals surface area (Å²) in [6.45, 7) is 4.61. The van der Waals surface area contributed by atoms with E-state index in [1.54, 1.807) is 16.6 Å². The quantitative estimate of drug-likeness (QED) is 0.409. The minimum Gasteiger partial charge on any atom is -0.354 e. The molecule has 1 aliphatic heterocycles. The molecular weight excluding hydrogens is 457 g/mol. The molecular formula is C27H26FN7O. The number of fused-ring (bicyclic) bond motifs is 2. The summed E-state index contributed by atoms with van der Waals surface area (Å²) in [6, 6.07) is 16.8. The van der Waals surface area contributed by atoms with Crippen LogP contribution in [0.1, 0.15) is 17.7 Å². The number of nitrogens with one attached hydrogen (secondary N) is 1. The van der Waals surface area contributed by atoms with Gasteiger partial charge in [-0.2, -0.15) is 14.6 Å². The smallest absolute Gasteiger partial charge is 0.254 e. The number of aromatic amines is 1. The molecule has 0 unspecified atom stereocenters. The lowest BCUT2D eigenvalue weighted by atomic mass is 10.0. The van der Waals surface area contributed by atoms with Gasteiger partial charge in [-0.05, 0) is 42.7 Å². The number of aryl methyl sites for hydroxylation is 2. The summed E-state index contributed by atoms with van der Waals surface area (Å²) in [5.41, 5.74) is 4.70. The number of anilines is 1. The number of halogens is 1. The molecule has 6 rings (SSSR count). The van der Waals surface area contributed by atoms with Crippen molar-refractivity contribution in [2.24, 2.45) is 0 Å². The zero-order valence-corrected chi connectivity index (χ0v) is 20.0. The Bertz CT molecular complexity index is 1550. The van der Waals surface area contributed by atoms with Gasteiger partial charge in [0.2, 0.25) is 5.91 Å². The van der Waals surface area contributed by atoms with E-state index < -0.39 is 0 Å². The van der Waals surface area contributed by atoms with Crippen molar-refractivity contribution in [3.05, 3.63) is 78.0 Å². The van der Waals surface area contributed by atoms with Crippen LogP contribution in [-0.4, -0.2) is 61.6 Å². The molecule has 8 nitrogen and oxygen atoms in total. The highest BCUT2D eigenvalue weighted by molar-refractivity contribution is 5.91. The number of aromatic nitrogens is 5. The minimum absolute atomic E-state index is 0.108. The van der Waals surface area contributed by atoms with Crippen LogP contribution >= 0.6 is 0 Å². The normalized spacial score (nSPS) is 14.2. The molecule has 0 aliphatic carbocycles. The Morgan fingerprint density at radius 3 is 2.67 bits per heavy atom. The largest absolute Gasteiger partial charge is 0.354 e. The van der Waals surface area contributed by atoms with Crippen molar-refractivity contribution in [3.8, 4) is 11.3 Å². The van der Waals surface area contributed by atoms with E-state index in [0.717, 1.165) is 39.2 Å². The number of benzene rings is 2. The third-order valence-electron chi connectivity index (χ3n) is 6.84. The zero-order chi connectivity index (χ0) is 24.6. The van der Waals surface area contributed by atoms with Gasteiger partial charge in [0.25, 0.3) is 5.78 Å². The van der Waals surface area contributed by atoms with E-state index >= 15 is 0 Å². The van der Waals surface area contributed by atoms with E-state index in [9.17, 15) is 9.18 Å². The highest BCUT2D eigenvalue weighted by atomic mass is 19.1. The molecule has 0 atom stereocenters. The molecule has 5 aromatic rings. The lowest BCUT2D eigenvalue weighted by molar-refractivity contribution is -0.131. The Morgan fingerprint density at radius 1 is 1.06 bits per heavy atom. The summed E-state index contributed by atoms with van der Waals surface area (Å²) in [5.74, 6) is 1.34. The van der Waals surface area contributed by atoms with Crippen molar-refractivity contribution in [1.82, 2.24) is 29.5 Å². The summed E-state index contributed by atoms with van der Waals surface area (Å²) >= 11 is 0. The van der Waals surface area contributed by atoms with Gasteiger partial charge in [0.05, 0.1) is 0 Å². The molecule has 9 heteroatoms. The van der Waals surface area contributed by atoms with Crippen LogP contribution < -0.4 is 4.90 Å². The first kappa shape index (κ1) is 22.2. The van der Waals surface area contributed by atoms with Crippen LogP contribution in [0, 0.1) is 12.7 Å². The molecule has 3 aromatic heterocycles. The SMILES string of the molecule is Cc1cc(N2CCN(C(=O)CCc3c(-c4ccccc4)[nH]c4ccc(F)cc34)CC2)n2ncnc2n1. The van der Waals surface area contributed by atoms with Gasteiger partial charge in [-0.25, -0.2) is 9.37 Å². The van der Waals surface area contributed by atoms with E-state index in [0.29, 0.717) is 44.8 Å². The molecule has 0 saturated carbocycles. The van der Waals surface area contributed by atoms with Crippen LogP contribution in [0.2, 0.25) is 0 Å². The second-order valence-electron chi connectivity index (χ2n) is 9.13. The number of hydrogen-bond acceptors (Lipinski definition) is 5. The first-order valence-electron chi connectivity index (χ1n) is 12.1. The summed E-state index contributed by atoms with van der Waals surface area (Å²) in [5, 5.41) is 5.13. The maximum atomic E-state index is 14.1. The van der Waals surface area contributed by atoms with Crippen LogP contribution in [0.25, 0.3) is 27.9 Å². The van der Waals surface area contributed by atoms with Crippen molar-refractivity contribution >= 4 is 28.4 Å². The fourth-order valence-corrected chi connectivity index (χ4v) is 5.04. The first-order valence-corrected chi connectivity index (χ1v) is 12.1. The third-order valence-corrected chi connectivity index (χ3v) is 6.84. The lowest BCUT2D eigenvalue weighted by Gasteiger charge is -2.36. The maximum Gasteiger partial charge on any atom is 0.254 e. The van der Waals surface area contributed by atoms with Gasteiger partial charge in [-0.3, -0.25) is 4.79 Å². The number of nitrogens with zero attached hydrogens (tertiary/aromatic N) is 6. The van der Waals surface area contributed by atoms with Crippen LogP contribution in [0.4, 0.5) is 10.2 Å². The number of amides is 1. The first-order chi connectivity index (χ1) is 17.6. The Kier molecular flexibility index (Phi) is 5.59. The fraction of sp³-hybridized carbons (Fsp3) is 0.259. The highest BCUT2D eigenvalue weighted by Gasteiger charge is 2.24. The number of H-pyrrole nitrogens is 1. The second-order valence-corrected chi connectivity index (χ2v) is 9.13. The predicted octanol–water partition coefficient (Wildman–Crippen LogP) is 4.00. The van der Waals surface area contributed by atoms with Gasteiger partial charge in [0.1, 0.15) is 18.0 Å². The molecule has 0 spiro atoms. The minimum atomic E-state index is -0.280. The molecule has 182 valence electrons. The Labute approximate surface area is 207 Å². The van der Waals surface area contributed by atoms with Crippen LogP contribution in [0.15, 0.2) is 60.9 Å². The second kappa shape index (κ2) is 9.07. The van der Waals surface area contributed by atoms with E-state index in [1.165, 1.54) is 12.4 Å². The van der Waals surface area contributed by atoms with Crippen molar-refractivity contribution in [1.29, 1.82) is 0 Å². The van der Waals surface area contributed by atoms with E-state index in [2.05, 4.69) is 25.0 Å². The average Bonchev–Trinajstić information content (AvgIpc) is 3.51. The van der Waals surface area contributed by atoms with Crippen molar-refractivity contribution in [2.75, 3.05) is 31.1 Å². The summed E-state index contributed by atoms with van der Waals surface area (Å²) < 4.78 is 15.8. The number of piperazine rings is 1. The fourth-order valence-electron chi connectivity index (χ4n) is 5.04. The standard InChI is InChI=1S/C27H26FN7O/c1-18-15-24(35-27(31-18)29-17-30-35)33-11-13-34(14-12-33)25(36)10-8-21-22-16-20(28)7-9-23(22)32-26(21)19-5-3-2-4-6-19/h2-7,9,15-17,32H,8,10-14H2,1H3.